The molecule has 2 aliphatic rings. The molecule has 1 N–H and O–H groups in total. The van der Waals surface area contributed by atoms with E-state index < -0.39 is 0 Å². The third-order valence-corrected chi connectivity index (χ3v) is 5.10. The average molecular weight is 381 g/mol. The number of halogens is 1. The lowest BCUT2D eigenvalue weighted by Gasteiger charge is -2.18. The van der Waals surface area contributed by atoms with E-state index in [0.717, 1.165) is 36.0 Å². The predicted octanol–water partition coefficient (Wildman–Crippen LogP) is 2.49. The maximum Gasteiger partial charge on any atom is 0.227 e. The van der Waals surface area contributed by atoms with Gasteiger partial charge in [-0.1, -0.05) is 12.1 Å². The van der Waals surface area contributed by atoms with Crippen LogP contribution in [0.2, 0.25) is 0 Å². The SMILES string of the molecule is O=C(NCC[C@H]1CCCO1)[C@@H]1CC(=O)N(c2ccccc2Br)C1. The number of benzene rings is 1. The number of carbonyl (C=O) groups is 2. The molecule has 0 radical (unpaired) electrons. The number of para-hydroxylation sites is 1. The van der Waals surface area contributed by atoms with Crippen LogP contribution in [0.25, 0.3) is 0 Å². The Kier molecular flexibility index (Phi) is 5.33. The van der Waals surface area contributed by atoms with Gasteiger partial charge in [0.25, 0.3) is 0 Å². The molecule has 23 heavy (non-hydrogen) atoms. The molecule has 2 atom stereocenters. The van der Waals surface area contributed by atoms with Crippen molar-refractivity contribution >= 4 is 33.4 Å². The number of anilines is 1. The highest BCUT2D eigenvalue weighted by Crippen LogP contribution is 2.31. The number of hydrogen-bond donors (Lipinski definition) is 1. The Balaban J connectivity index is 1.52. The third kappa shape index (κ3) is 3.93. The number of rotatable bonds is 5. The van der Waals surface area contributed by atoms with Gasteiger partial charge in [-0.3, -0.25) is 9.59 Å². The average Bonchev–Trinajstić information content (AvgIpc) is 3.17. The van der Waals surface area contributed by atoms with Crippen molar-refractivity contribution in [2.24, 2.45) is 5.92 Å². The highest BCUT2D eigenvalue weighted by atomic mass is 79.9. The molecule has 1 aromatic rings. The molecule has 2 amide bonds. The number of carbonyl (C=O) groups excluding carboxylic acids is 2. The topological polar surface area (TPSA) is 58.6 Å². The van der Waals surface area contributed by atoms with Crippen LogP contribution in [0, 0.1) is 5.92 Å². The number of nitrogens with one attached hydrogen (secondary N) is 1. The van der Waals surface area contributed by atoms with Gasteiger partial charge < -0.3 is 15.0 Å². The summed E-state index contributed by atoms with van der Waals surface area (Å²) in [5.74, 6) is -0.318. The lowest BCUT2D eigenvalue weighted by molar-refractivity contribution is -0.126. The van der Waals surface area contributed by atoms with Crippen molar-refractivity contribution in [1.82, 2.24) is 5.32 Å². The summed E-state index contributed by atoms with van der Waals surface area (Å²) in [7, 11) is 0. The Hall–Kier alpha value is -1.40. The first kappa shape index (κ1) is 16.5. The Morgan fingerprint density at radius 2 is 2.22 bits per heavy atom. The summed E-state index contributed by atoms with van der Waals surface area (Å²) in [5, 5.41) is 2.95. The minimum absolute atomic E-state index is 0.00354. The van der Waals surface area contributed by atoms with Gasteiger partial charge in [-0.2, -0.15) is 0 Å². The van der Waals surface area contributed by atoms with Gasteiger partial charge in [-0.05, 0) is 47.3 Å². The van der Waals surface area contributed by atoms with Gasteiger partial charge in [0, 0.05) is 30.6 Å². The third-order valence-electron chi connectivity index (χ3n) is 4.43. The van der Waals surface area contributed by atoms with Crippen molar-refractivity contribution in [3.8, 4) is 0 Å². The molecule has 6 heteroatoms. The lowest BCUT2D eigenvalue weighted by Crippen LogP contribution is -2.34. The molecule has 0 aliphatic carbocycles. The number of nitrogens with zero attached hydrogens (tertiary/aromatic N) is 1. The molecule has 5 nitrogen and oxygen atoms in total. The zero-order valence-electron chi connectivity index (χ0n) is 13.0. The fourth-order valence-electron chi connectivity index (χ4n) is 3.16. The molecular weight excluding hydrogens is 360 g/mol. The van der Waals surface area contributed by atoms with E-state index in [4.69, 9.17) is 4.74 Å². The summed E-state index contributed by atoms with van der Waals surface area (Å²) < 4.78 is 6.41. The molecule has 0 spiro atoms. The van der Waals surface area contributed by atoms with Crippen LogP contribution in [0.4, 0.5) is 5.69 Å². The molecule has 2 aliphatic heterocycles. The van der Waals surface area contributed by atoms with Crippen LogP contribution in [-0.4, -0.2) is 37.6 Å². The molecule has 0 saturated carbocycles. The van der Waals surface area contributed by atoms with E-state index >= 15 is 0 Å². The molecule has 124 valence electrons. The van der Waals surface area contributed by atoms with Gasteiger partial charge in [0.05, 0.1) is 17.7 Å². The van der Waals surface area contributed by atoms with E-state index in [1.165, 1.54) is 0 Å². The first-order valence-electron chi connectivity index (χ1n) is 8.09. The maximum atomic E-state index is 12.3. The van der Waals surface area contributed by atoms with Gasteiger partial charge >= 0.3 is 0 Å². The molecular formula is C17H21BrN2O3. The minimum Gasteiger partial charge on any atom is -0.378 e. The Morgan fingerprint density at radius 1 is 1.39 bits per heavy atom. The van der Waals surface area contributed by atoms with E-state index in [2.05, 4.69) is 21.2 Å². The monoisotopic (exact) mass is 380 g/mol. The van der Waals surface area contributed by atoms with E-state index in [9.17, 15) is 9.59 Å². The predicted molar refractivity (Wildman–Crippen MR) is 91.2 cm³/mol. The highest BCUT2D eigenvalue weighted by Gasteiger charge is 2.35. The van der Waals surface area contributed by atoms with Gasteiger partial charge in [0.15, 0.2) is 0 Å². The molecule has 0 bridgehead atoms. The second kappa shape index (κ2) is 7.45. The van der Waals surface area contributed by atoms with Crippen molar-refractivity contribution in [2.45, 2.75) is 31.8 Å². The van der Waals surface area contributed by atoms with Crippen LogP contribution in [0.15, 0.2) is 28.7 Å². The normalized spacial score (nSPS) is 24.2. The van der Waals surface area contributed by atoms with E-state index in [1.807, 2.05) is 24.3 Å². The summed E-state index contributed by atoms with van der Waals surface area (Å²) in [6.45, 7) is 1.88. The second-order valence-electron chi connectivity index (χ2n) is 6.07. The minimum atomic E-state index is -0.279. The number of hydrogen-bond acceptors (Lipinski definition) is 3. The Morgan fingerprint density at radius 3 is 2.96 bits per heavy atom. The molecule has 2 heterocycles. The van der Waals surface area contributed by atoms with Crippen molar-refractivity contribution in [2.75, 3.05) is 24.6 Å². The largest absolute Gasteiger partial charge is 0.378 e. The quantitative estimate of drug-likeness (QED) is 0.853. The molecule has 2 fully saturated rings. The summed E-state index contributed by atoms with van der Waals surface area (Å²) in [4.78, 5) is 26.2. The zero-order valence-corrected chi connectivity index (χ0v) is 14.5. The fourth-order valence-corrected chi connectivity index (χ4v) is 3.66. The second-order valence-corrected chi connectivity index (χ2v) is 6.93. The van der Waals surface area contributed by atoms with Crippen molar-refractivity contribution in [3.63, 3.8) is 0 Å². The smallest absolute Gasteiger partial charge is 0.227 e. The van der Waals surface area contributed by atoms with Crippen molar-refractivity contribution in [3.05, 3.63) is 28.7 Å². The van der Waals surface area contributed by atoms with E-state index in [1.54, 1.807) is 4.90 Å². The van der Waals surface area contributed by atoms with E-state index in [-0.39, 0.29) is 30.3 Å². The van der Waals surface area contributed by atoms with Crippen LogP contribution in [0.5, 0.6) is 0 Å². The first-order valence-corrected chi connectivity index (χ1v) is 8.88. The molecule has 0 unspecified atom stereocenters. The zero-order chi connectivity index (χ0) is 16.2. The molecule has 2 saturated heterocycles. The van der Waals surface area contributed by atoms with Gasteiger partial charge in [0.2, 0.25) is 11.8 Å². The van der Waals surface area contributed by atoms with Crippen LogP contribution in [0.1, 0.15) is 25.7 Å². The number of amides is 2. The van der Waals surface area contributed by atoms with Gasteiger partial charge in [-0.15, -0.1) is 0 Å². The summed E-state index contributed by atoms with van der Waals surface area (Å²) in [6, 6.07) is 7.59. The summed E-state index contributed by atoms with van der Waals surface area (Å²) in [5.41, 5.74) is 0.826. The molecule has 3 rings (SSSR count). The molecule has 0 aromatic heterocycles. The fraction of sp³-hybridized carbons (Fsp3) is 0.529. The van der Waals surface area contributed by atoms with Crippen molar-refractivity contribution < 1.29 is 14.3 Å². The van der Waals surface area contributed by atoms with Crippen LogP contribution >= 0.6 is 15.9 Å². The van der Waals surface area contributed by atoms with Gasteiger partial charge in [0.1, 0.15) is 0 Å². The van der Waals surface area contributed by atoms with E-state index in [0.29, 0.717) is 13.1 Å². The lowest BCUT2D eigenvalue weighted by atomic mass is 10.1. The molecule has 1 aromatic carbocycles. The van der Waals surface area contributed by atoms with Gasteiger partial charge in [-0.25, -0.2) is 0 Å². The first-order chi connectivity index (χ1) is 11.1. The standard InChI is InChI=1S/C17H21BrN2O3/c18-14-5-1-2-6-15(14)20-11-12(10-16(20)21)17(22)19-8-7-13-4-3-9-23-13/h1-2,5-6,12-13H,3-4,7-11H2,(H,19,22)/t12-,13-/m1/s1. The van der Waals surface area contributed by atoms with Crippen molar-refractivity contribution in [1.29, 1.82) is 0 Å². The number of ether oxygens (including phenoxy) is 1. The summed E-state index contributed by atoms with van der Waals surface area (Å²) >= 11 is 3.46. The maximum absolute atomic E-state index is 12.3. The van der Waals surface area contributed by atoms with Crippen LogP contribution < -0.4 is 10.2 Å². The highest BCUT2D eigenvalue weighted by molar-refractivity contribution is 9.10. The van der Waals surface area contributed by atoms with Crippen LogP contribution in [-0.2, 0) is 14.3 Å². The Labute approximate surface area is 144 Å². The van der Waals surface area contributed by atoms with Crippen LogP contribution in [0.3, 0.4) is 0 Å². The Bertz CT molecular complexity index is 587. The summed E-state index contributed by atoms with van der Waals surface area (Å²) in [6.07, 6.45) is 3.58.